The summed E-state index contributed by atoms with van der Waals surface area (Å²) >= 11 is 1.67. The molecule has 0 fully saturated rings. The molecule has 0 aromatic carbocycles. The van der Waals surface area contributed by atoms with Gasteiger partial charge in [-0.25, -0.2) is 4.98 Å². The van der Waals surface area contributed by atoms with Crippen LogP contribution in [0.1, 0.15) is 147 Å². The maximum Gasteiger partial charge on any atom is 0.305 e. The second kappa shape index (κ2) is 19.9. The van der Waals surface area contributed by atoms with Crippen molar-refractivity contribution in [2.75, 3.05) is 0 Å². The van der Waals surface area contributed by atoms with Crippen molar-refractivity contribution < 1.29 is 28.0 Å². The van der Waals surface area contributed by atoms with Crippen molar-refractivity contribution in [3.05, 3.63) is 33.3 Å². The van der Waals surface area contributed by atoms with E-state index in [1.807, 2.05) is 27.7 Å². The zero-order valence-corrected chi connectivity index (χ0v) is 43.8. The number of Topliss-reactive ketones (excluding diaryl/α,β-unsaturated/α-hetero) is 1. The quantitative estimate of drug-likeness (QED) is 0.0972. The molecular formula is C45H85NO6SSi3. The van der Waals surface area contributed by atoms with Crippen molar-refractivity contribution in [2.45, 2.75) is 216 Å². The Balaban J connectivity index is 3.37. The molecule has 0 spiro atoms. The summed E-state index contributed by atoms with van der Waals surface area (Å²) in [4.78, 5) is 31.6. The Labute approximate surface area is 351 Å². The zero-order valence-electron chi connectivity index (χ0n) is 40.0. The Morgan fingerprint density at radius 3 is 1.75 bits per heavy atom. The van der Waals surface area contributed by atoms with E-state index < -0.39 is 48.4 Å². The number of hydrogen-bond donors (Lipinski definition) is 1. The number of allylic oxidation sites excluding steroid dienone is 1. The topological polar surface area (TPSA) is 95.0 Å². The molecule has 0 amide bonds. The van der Waals surface area contributed by atoms with Crippen molar-refractivity contribution >= 4 is 54.1 Å². The Bertz CT molecular complexity index is 1510. The first-order chi connectivity index (χ1) is 25.0. The first-order valence-electron chi connectivity index (χ1n) is 21.0. The van der Waals surface area contributed by atoms with Crippen LogP contribution in [0.2, 0.25) is 54.4 Å². The number of aromatic nitrogens is 1. The van der Waals surface area contributed by atoms with Crippen molar-refractivity contribution in [2.24, 2.45) is 17.3 Å². The molecule has 324 valence electrons. The Hall–Kier alpha value is -1.22. The minimum atomic E-state index is -2.38. The average Bonchev–Trinajstić information content (AvgIpc) is 3.42. The van der Waals surface area contributed by atoms with Gasteiger partial charge in [-0.15, -0.1) is 11.3 Å². The van der Waals surface area contributed by atoms with Gasteiger partial charge in [-0.1, -0.05) is 102 Å². The lowest BCUT2D eigenvalue weighted by molar-refractivity contribution is -0.146. The fraction of sp³-hybridized carbons (Fsp3) is 0.800. The van der Waals surface area contributed by atoms with E-state index in [0.29, 0.717) is 0 Å². The van der Waals surface area contributed by atoms with Gasteiger partial charge in [0.15, 0.2) is 25.0 Å². The molecule has 0 aliphatic carbocycles. The number of aryl methyl sites for hydroxylation is 1. The SMILES string of the molecule is C/C(=C/C[C@@H](O[Si](C)(C)C(C)(C)C)/C(C)=C/c1csc(C)n1)CCC[C@H](C)[C@H](O[Si](C)(C)C(C)(C)C)[C@@H](C)C(=O)C(C)(C)[C@H](CC(=O)O)O[Si](C)(C)C(C)(C)C. The van der Waals surface area contributed by atoms with Crippen LogP contribution in [0.25, 0.3) is 6.08 Å². The van der Waals surface area contributed by atoms with Crippen molar-refractivity contribution in [1.29, 1.82) is 0 Å². The van der Waals surface area contributed by atoms with Crippen LogP contribution < -0.4 is 0 Å². The largest absolute Gasteiger partial charge is 0.481 e. The van der Waals surface area contributed by atoms with Crippen LogP contribution in [0.4, 0.5) is 0 Å². The van der Waals surface area contributed by atoms with Gasteiger partial charge in [-0.3, -0.25) is 9.59 Å². The van der Waals surface area contributed by atoms with Gasteiger partial charge in [-0.2, -0.15) is 0 Å². The number of ketones is 1. The first-order valence-corrected chi connectivity index (χ1v) is 30.6. The summed E-state index contributed by atoms with van der Waals surface area (Å²) in [5, 5.41) is 13.1. The fourth-order valence-electron chi connectivity index (χ4n) is 6.17. The first kappa shape index (κ1) is 52.8. The molecule has 0 bridgehead atoms. The number of carbonyl (C=O) groups excluding carboxylic acids is 1. The highest BCUT2D eigenvalue weighted by Crippen LogP contribution is 2.44. The van der Waals surface area contributed by atoms with Crippen LogP contribution >= 0.6 is 11.3 Å². The average molecular weight is 853 g/mol. The molecule has 0 unspecified atom stereocenters. The molecule has 1 N–H and O–H groups in total. The summed E-state index contributed by atoms with van der Waals surface area (Å²) in [7, 11) is -6.69. The number of nitrogens with zero attached hydrogens (tertiary/aromatic N) is 1. The maximum atomic E-state index is 14.7. The van der Waals surface area contributed by atoms with E-state index in [0.717, 1.165) is 36.4 Å². The molecular weight excluding hydrogens is 767 g/mol. The predicted octanol–water partition coefficient (Wildman–Crippen LogP) is 13.9. The monoisotopic (exact) mass is 852 g/mol. The summed E-state index contributed by atoms with van der Waals surface area (Å²) in [5.74, 6) is -1.26. The second-order valence-electron chi connectivity index (χ2n) is 21.9. The molecule has 56 heavy (non-hydrogen) atoms. The van der Waals surface area contributed by atoms with Gasteiger partial charge in [0.1, 0.15) is 5.78 Å². The van der Waals surface area contributed by atoms with Gasteiger partial charge in [0.05, 0.1) is 35.4 Å². The molecule has 7 nitrogen and oxygen atoms in total. The number of carboxylic acid groups (broad SMARTS) is 1. The van der Waals surface area contributed by atoms with E-state index in [9.17, 15) is 14.7 Å². The summed E-state index contributed by atoms with van der Waals surface area (Å²) in [6.45, 7) is 47.8. The summed E-state index contributed by atoms with van der Waals surface area (Å²) < 4.78 is 20.9. The van der Waals surface area contributed by atoms with Gasteiger partial charge in [-0.05, 0) is 118 Å². The lowest BCUT2D eigenvalue weighted by Gasteiger charge is -2.46. The highest BCUT2D eigenvalue weighted by Gasteiger charge is 2.50. The number of rotatable bonds is 21. The van der Waals surface area contributed by atoms with Crippen molar-refractivity contribution in [3.8, 4) is 0 Å². The summed E-state index contributed by atoms with van der Waals surface area (Å²) in [6.07, 6.45) is 6.92. The standard InChI is InChI=1S/C45H85NO6SSi3/c1-31(26-27-37(50-54(17,18)42(6,7)8)33(3)28-36-30-53-35(5)46-36)24-23-25-32(2)40(52-56(21,22)44(12,13)14)34(4)41(49)45(15,16)38(29-39(47)48)51-55(19,20)43(9,10)11/h26,28,30,32,34,37-38,40H,23-25,27,29H2,1-22H3,(H,47,48)/b31-26-,33-28+/t32-,34+,37+,38-,40-/m0/s1. The maximum absolute atomic E-state index is 14.7. The van der Waals surface area contributed by atoms with Gasteiger partial charge in [0.2, 0.25) is 0 Å². The zero-order chi connectivity index (χ0) is 44.0. The normalized spacial score (nSPS) is 17.4. The van der Waals surface area contributed by atoms with E-state index >= 15 is 0 Å². The van der Waals surface area contributed by atoms with E-state index in [2.05, 4.69) is 145 Å². The van der Waals surface area contributed by atoms with E-state index in [1.165, 1.54) is 11.1 Å². The third-order valence-electron chi connectivity index (χ3n) is 13.4. The molecule has 1 aromatic rings. The third kappa shape index (κ3) is 15.1. The molecule has 5 atom stereocenters. The number of carbonyl (C=O) groups is 2. The Morgan fingerprint density at radius 1 is 0.821 bits per heavy atom. The molecule has 11 heteroatoms. The molecule has 1 aromatic heterocycles. The third-order valence-corrected chi connectivity index (χ3v) is 27.7. The molecule has 1 heterocycles. The molecule has 0 radical (unpaired) electrons. The number of carboxylic acids is 1. The lowest BCUT2D eigenvalue weighted by Crippen LogP contribution is -2.54. The molecule has 0 aliphatic rings. The highest BCUT2D eigenvalue weighted by atomic mass is 32.1. The molecule has 0 saturated carbocycles. The van der Waals surface area contributed by atoms with Crippen molar-refractivity contribution in [1.82, 2.24) is 4.98 Å². The van der Waals surface area contributed by atoms with Crippen molar-refractivity contribution in [3.63, 3.8) is 0 Å². The van der Waals surface area contributed by atoms with Crippen LogP contribution in [-0.4, -0.2) is 65.1 Å². The van der Waals surface area contributed by atoms with Gasteiger partial charge in [0, 0.05) is 16.7 Å². The number of thiazole rings is 1. The van der Waals surface area contributed by atoms with Crippen LogP contribution in [0.5, 0.6) is 0 Å². The van der Waals surface area contributed by atoms with Gasteiger partial charge in [0.25, 0.3) is 0 Å². The van der Waals surface area contributed by atoms with E-state index in [4.69, 9.17) is 13.3 Å². The highest BCUT2D eigenvalue weighted by molar-refractivity contribution is 7.09. The summed E-state index contributed by atoms with van der Waals surface area (Å²) in [5.41, 5.74) is 2.51. The van der Waals surface area contributed by atoms with Gasteiger partial charge >= 0.3 is 5.97 Å². The molecule has 0 saturated heterocycles. The molecule has 0 aliphatic heterocycles. The van der Waals surface area contributed by atoms with Crippen LogP contribution in [0.3, 0.4) is 0 Å². The minimum absolute atomic E-state index is 0.0121. The lowest BCUT2D eigenvalue weighted by atomic mass is 9.73. The smallest absolute Gasteiger partial charge is 0.305 e. The van der Waals surface area contributed by atoms with Crippen LogP contribution in [-0.2, 0) is 22.9 Å². The van der Waals surface area contributed by atoms with Crippen LogP contribution in [0, 0.1) is 24.2 Å². The van der Waals surface area contributed by atoms with E-state index in [1.54, 1.807) is 11.3 Å². The second-order valence-corrected chi connectivity index (χ2v) is 37.2. The summed E-state index contributed by atoms with van der Waals surface area (Å²) in [6, 6.07) is 0. The fourth-order valence-corrected chi connectivity index (χ4v) is 11.0. The van der Waals surface area contributed by atoms with Gasteiger partial charge < -0.3 is 18.4 Å². The predicted molar refractivity (Wildman–Crippen MR) is 248 cm³/mol. The van der Waals surface area contributed by atoms with Crippen LogP contribution in [0.15, 0.2) is 22.6 Å². The number of aliphatic carboxylic acids is 1. The Kier molecular flexibility index (Phi) is 18.8. The molecule has 1 rings (SSSR count). The minimum Gasteiger partial charge on any atom is -0.481 e. The van der Waals surface area contributed by atoms with E-state index in [-0.39, 0.29) is 45.4 Å². The number of hydrogen-bond acceptors (Lipinski definition) is 7. The Morgan fingerprint density at radius 2 is 1.30 bits per heavy atom.